The Labute approximate surface area is 140 Å². The Morgan fingerprint density at radius 2 is 2.00 bits per heavy atom. The third-order valence-corrected chi connectivity index (χ3v) is 4.95. The molecule has 0 radical (unpaired) electrons. The summed E-state index contributed by atoms with van der Waals surface area (Å²) in [7, 11) is -2.23. The van der Waals surface area contributed by atoms with Gasteiger partial charge in [0.2, 0.25) is 0 Å². The van der Waals surface area contributed by atoms with Crippen molar-refractivity contribution in [1.82, 2.24) is 14.8 Å². The van der Waals surface area contributed by atoms with Gasteiger partial charge in [0.1, 0.15) is 5.75 Å². The fourth-order valence-electron chi connectivity index (χ4n) is 2.30. The number of nitrogens with one attached hydrogen (secondary N) is 1. The van der Waals surface area contributed by atoms with E-state index >= 15 is 0 Å². The predicted molar refractivity (Wildman–Crippen MR) is 89.9 cm³/mol. The summed E-state index contributed by atoms with van der Waals surface area (Å²) in [6.45, 7) is 1.72. The minimum atomic E-state index is -3.77. The van der Waals surface area contributed by atoms with Crippen LogP contribution in [0.4, 0.5) is 5.69 Å². The van der Waals surface area contributed by atoms with E-state index in [0.29, 0.717) is 22.8 Å². The number of aryl methyl sites for hydroxylation is 1. The van der Waals surface area contributed by atoms with Gasteiger partial charge in [-0.1, -0.05) is 0 Å². The number of pyridine rings is 1. The van der Waals surface area contributed by atoms with Crippen molar-refractivity contribution < 1.29 is 13.2 Å². The minimum absolute atomic E-state index is 0.179. The second-order valence-corrected chi connectivity index (χ2v) is 6.71. The second-order valence-electron chi connectivity index (χ2n) is 5.06. The van der Waals surface area contributed by atoms with E-state index in [1.165, 1.54) is 17.9 Å². The van der Waals surface area contributed by atoms with Crippen LogP contribution in [0.2, 0.25) is 0 Å². The van der Waals surface area contributed by atoms with Crippen LogP contribution in [0, 0.1) is 6.92 Å². The predicted octanol–water partition coefficient (Wildman–Crippen LogP) is 2.39. The molecule has 0 bridgehead atoms. The minimum Gasteiger partial charge on any atom is -0.497 e. The van der Waals surface area contributed by atoms with Gasteiger partial charge in [-0.25, -0.2) is 18.1 Å². The van der Waals surface area contributed by atoms with Crippen LogP contribution in [0.15, 0.2) is 59.9 Å². The quantitative estimate of drug-likeness (QED) is 0.768. The van der Waals surface area contributed by atoms with Crippen molar-refractivity contribution in [1.29, 1.82) is 0 Å². The zero-order valence-electron chi connectivity index (χ0n) is 13.2. The van der Waals surface area contributed by atoms with Crippen molar-refractivity contribution in [2.75, 3.05) is 11.8 Å². The maximum Gasteiger partial charge on any atom is 0.262 e. The molecule has 1 aromatic carbocycles. The molecule has 0 unspecified atom stereocenters. The number of rotatable bonds is 5. The van der Waals surface area contributed by atoms with Crippen molar-refractivity contribution in [2.45, 2.75) is 11.8 Å². The van der Waals surface area contributed by atoms with E-state index in [9.17, 15) is 8.42 Å². The molecule has 0 amide bonds. The molecule has 124 valence electrons. The fourth-order valence-corrected chi connectivity index (χ4v) is 3.59. The zero-order chi connectivity index (χ0) is 17.2. The first-order valence-electron chi connectivity index (χ1n) is 7.14. The van der Waals surface area contributed by atoms with Crippen LogP contribution >= 0.6 is 0 Å². The Hall–Kier alpha value is -2.87. The third-order valence-electron chi connectivity index (χ3n) is 3.42. The van der Waals surface area contributed by atoms with Gasteiger partial charge in [-0.05, 0) is 48.9 Å². The van der Waals surface area contributed by atoms with E-state index < -0.39 is 10.0 Å². The summed E-state index contributed by atoms with van der Waals surface area (Å²) in [6.07, 6.45) is 4.87. The molecule has 3 rings (SSSR count). The van der Waals surface area contributed by atoms with E-state index in [1.807, 2.05) is 0 Å². The van der Waals surface area contributed by atoms with E-state index in [2.05, 4.69) is 14.8 Å². The van der Waals surface area contributed by atoms with Crippen LogP contribution in [0.1, 0.15) is 5.56 Å². The SMILES string of the molecule is COc1ccc(S(=O)(=O)Nc2cccnc2-n2cccn2)c(C)c1. The van der Waals surface area contributed by atoms with Crippen molar-refractivity contribution in [2.24, 2.45) is 0 Å². The maximum atomic E-state index is 12.7. The summed E-state index contributed by atoms with van der Waals surface area (Å²) in [4.78, 5) is 4.38. The first-order chi connectivity index (χ1) is 11.5. The molecule has 0 aliphatic carbocycles. The number of nitrogens with zero attached hydrogens (tertiary/aromatic N) is 3. The number of ether oxygens (including phenoxy) is 1. The Balaban J connectivity index is 1.99. The molecule has 8 heteroatoms. The van der Waals surface area contributed by atoms with Crippen molar-refractivity contribution in [3.8, 4) is 11.6 Å². The number of benzene rings is 1. The summed E-state index contributed by atoms with van der Waals surface area (Å²) in [5.74, 6) is 1.00. The third kappa shape index (κ3) is 3.09. The van der Waals surface area contributed by atoms with E-state index in [4.69, 9.17) is 4.74 Å². The fraction of sp³-hybridized carbons (Fsp3) is 0.125. The van der Waals surface area contributed by atoms with Gasteiger partial charge in [0, 0.05) is 18.6 Å². The van der Waals surface area contributed by atoms with Gasteiger partial charge in [-0.3, -0.25) is 4.72 Å². The Morgan fingerprint density at radius 3 is 2.67 bits per heavy atom. The molecule has 0 aliphatic rings. The molecular formula is C16H16N4O3S. The highest BCUT2D eigenvalue weighted by atomic mass is 32.2. The van der Waals surface area contributed by atoms with Crippen molar-refractivity contribution in [3.05, 3.63) is 60.6 Å². The molecule has 2 heterocycles. The summed E-state index contributed by atoms with van der Waals surface area (Å²) < 4.78 is 34.7. The number of hydrogen-bond donors (Lipinski definition) is 1. The summed E-state index contributed by atoms with van der Waals surface area (Å²) in [5.41, 5.74) is 0.933. The number of sulfonamides is 1. The molecule has 3 aromatic rings. The monoisotopic (exact) mass is 344 g/mol. The first kappa shape index (κ1) is 16.0. The van der Waals surface area contributed by atoms with Crippen LogP contribution in [0.5, 0.6) is 5.75 Å². The van der Waals surface area contributed by atoms with Gasteiger partial charge >= 0.3 is 0 Å². The average molecular weight is 344 g/mol. The topological polar surface area (TPSA) is 86.1 Å². The average Bonchev–Trinajstić information content (AvgIpc) is 3.09. The normalized spacial score (nSPS) is 11.2. The molecule has 0 saturated carbocycles. The lowest BCUT2D eigenvalue weighted by Gasteiger charge is -2.13. The van der Waals surface area contributed by atoms with Crippen LogP contribution in [-0.2, 0) is 10.0 Å². The van der Waals surface area contributed by atoms with E-state index in [0.717, 1.165) is 0 Å². The molecule has 0 atom stereocenters. The molecule has 7 nitrogen and oxygen atoms in total. The molecule has 0 fully saturated rings. The van der Waals surface area contributed by atoms with Gasteiger partial charge < -0.3 is 4.74 Å². The standard InChI is InChI=1S/C16H16N4O3S/c1-12-11-13(23-2)6-7-15(12)24(21,22)19-14-5-3-8-17-16(14)20-10-4-9-18-20/h3-11,19H,1-2H3. The molecule has 2 aromatic heterocycles. The molecule has 1 N–H and O–H groups in total. The van der Waals surface area contributed by atoms with Gasteiger partial charge in [0.25, 0.3) is 10.0 Å². The number of hydrogen-bond acceptors (Lipinski definition) is 5. The zero-order valence-corrected chi connectivity index (χ0v) is 14.0. The largest absolute Gasteiger partial charge is 0.497 e. The molecule has 0 spiro atoms. The Bertz CT molecular complexity index is 953. The van der Waals surface area contributed by atoms with Crippen molar-refractivity contribution >= 4 is 15.7 Å². The summed E-state index contributed by atoms with van der Waals surface area (Å²) >= 11 is 0. The lowest BCUT2D eigenvalue weighted by Crippen LogP contribution is -2.16. The number of methoxy groups -OCH3 is 1. The van der Waals surface area contributed by atoms with Crippen LogP contribution in [0.25, 0.3) is 5.82 Å². The van der Waals surface area contributed by atoms with Gasteiger partial charge in [-0.2, -0.15) is 5.10 Å². The maximum absolute atomic E-state index is 12.7. The van der Waals surface area contributed by atoms with Crippen LogP contribution in [-0.4, -0.2) is 30.3 Å². The van der Waals surface area contributed by atoms with Crippen LogP contribution < -0.4 is 9.46 Å². The Morgan fingerprint density at radius 1 is 1.17 bits per heavy atom. The van der Waals surface area contributed by atoms with E-state index in [1.54, 1.807) is 55.8 Å². The highest BCUT2D eigenvalue weighted by Crippen LogP contribution is 2.25. The molecule has 0 saturated heterocycles. The lowest BCUT2D eigenvalue weighted by atomic mass is 10.2. The highest BCUT2D eigenvalue weighted by Gasteiger charge is 2.19. The van der Waals surface area contributed by atoms with Crippen LogP contribution in [0.3, 0.4) is 0 Å². The van der Waals surface area contributed by atoms with E-state index in [-0.39, 0.29) is 4.90 Å². The Kier molecular flexibility index (Phi) is 4.22. The number of aromatic nitrogens is 3. The smallest absolute Gasteiger partial charge is 0.262 e. The van der Waals surface area contributed by atoms with Crippen molar-refractivity contribution in [3.63, 3.8) is 0 Å². The molecular weight excluding hydrogens is 328 g/mol. The summed E-state index contributed by atoms with van der Waals surface area (Å²) in [5, 5.41) is 4.09. The second kappa shape index (κ2) is 6.32. The van der Waals surface area contributed by atoms with Gasteiger partial charge in [0.15, 0.2) is 5.82 Å². The summed E-state index contributed by atoms with van der Waals surface area (Å²) in [6, 6.07) is 9.83. The lowest BCUT2D eigenvalue weighted by molar-refractivity contribution is 0.414. The molecule has 0 aliphatic heterocycles. The highest BCUT2D eigenvalue weighted by molar-refractivity contribution is 7.92. The van der Waals surface area contributed by atoms with Gasteiger partial charge in [0.05, 0.1) is 17.7 Å². The first-order valence-corrected chi connectivity index (χ1v) is 8.62. The van der Waals surface area contributed by atoms with Gasteiger partial charge in [-0.15, -0.1) is 0 Å². The molecule has 24 heavy (non-hydrogen) atoms. The number of anilines is 1.